The normalized spacial score (nSPS) is 14.1. The molecule has 1 aliphatic rings. The molecule has 0 saturated carbocycles. The number of carbonyl (C=O) groups excluding carboxylic acids is 3. The van der Waals surface area contributed by atoms with E-state index in [1.54, 1.807) is 0 Å². The number of hydrogen-bond donors (Lipinski definition) is 2. The predicted molar refractivity (Wildman–Crippen MR) is 60.4 cm³/mol. The van der Waals surface area contributed by atoms with Crippen LogP contribution in [0.4, 0.5) is 0 Å². The Morgan fingerprint density at radius 3 is 2.33 bits per heavy atom. The second kappa shape index (κ2) is 6.53. The number of imide groups is 1. The summed E-state index contributed by atoms with van der Waals surface area (Å²) >= 11 is 0. The maximum Gasteiger partial charge on any atom is 0.303 e. The van der Waals surface area contributed by atoms with Gasteiger partial charge in [0.05, 0.1) is 0 Å². The summed E-state index contributed by atoms with van der Waals surface area (Å²) in [5.74, 6) is -2.06. The second-order valence-corrected chi connectivity index (χ2v) is 3.76. The van der Waals surface area contributed by atoms with Crippen molar-refractivity contribution in [3.05, 3.63) is 12.2 Å². The van der Waals surface area contributed by atoms with E-state index in [4.69, 9.17) is 5.11 Å². The van der Waals surface area contributed by atoms with Crippen LogP contribution in [0.15, 0.2) is 12.2 Å². The van der Waals surface area contributed by atoms with Gasteiger partial charge in [0.25, 0.3) is 11.8 Å². The third-order valence-corrected chi connectivity index (χ3v) is 2.35. The third-order valence-electron chi connectivity index (χ3n) is 2.35. The number of rotatable bonds is 7. The fourth-order valence-corrected chi connectivity index (χ4v) is 1.42. The minimum atomic E-state index is -0.913. The van der Waals surface area contributed by atoms with Gasteiger partial charge < -0.3 is 10.4 Å². The Balaban J connectivity index is 2.16. The maximum atomic E-state index is 11.3. The highest BCUT2D eigenvalue weighted by molar-refractivity contribution is 6.13. The second-order valence-electron chi connectivity index (χ2n) is 3.76. The van der Waals surface area contributed by atoms with Crippen LogP contribution < -0.4 is 5.32 Å². The van der Waals surface area contributed by atoms with Crippen LogP contribution in [0.3, 0.4) is 0 Å². The SMILES string of the molecule is O=C(O)CCCNC(=O)CCN1C(=O)C=CC1=O. The molecule has 0 aromatic heterocycles. The number of amides is 3. The molecule has 0 fully saturated rings. The largest absolute Gasteiger partial charge is 0.481 e. The molecule has 0 aromatic carbocycles. The highest BCUT2D eigenvalue weighted by atomic mass is 16.4. The van der Waals surface area contributed by atoms with Gasteiger partial charge in [-0.05, 0) is 6.42 Å². The van der Waals surface area contributed by atoms with Crippen molar-refractivity contribution in [1.82, 2.24) is 10.2 Å². The van der Waals surface area contributed by atoms with E-state index in [-0.39, 0.29) is 31.8 Å². The lowest BCUT2D eigenvalue weighted by molar-refractivity contribution is -0.138. The van der Waals surface area contributed by atoms with Gasteiger partial charge in [0.1, 0.15) is 0 Å². The summed E-state index contributed by atoms with van der Waals surface area (Å²) in [5.41, 5.74) is 0. The predicted octanol–water partition coefficient (Wildman–Crippen LogP) is -0.717. The fourth-order valence-electron chi connectivity index (χ4n) is 1.42. The summed E-state index contributed by atoms with van der Waals surface area (Å²) in [4.78, 5) is 44.8. The Labute approximate surface area is 103 Å². The summed E-state index contributed by atoms with van der Waals surface area (Å²) in [5, 5.41) is 10.9. The number of carboxylic acid groups (broad SMARTS) is 1. The van der Waals surface area contributed by atoms with Crippen molar-refractivity contribution in [2.75, 3.05) is 13.1 Å². The van der Waals surface area contributed by atoms with Crippen LogP contribution in [0.25, 0.3) is 0 Å². The van der Waals surface area contributed by atoms with Gasteiger partial charge in [-0.2, -0.15) is 0 Å². The first-order valence-corrected chi connectivity index (χ1v) is 5.52. The summed E-state index contributed by atoms with van der Waals surface area (Å²) in [6.07, 6.45) is 2.68. The molecule has 1 aliphatic heterocycles. The molecule has 7 heteroatoms. The molecule has 0 aliphatic carbocycles. The molecule has 0 saturated heterocycles. The molecule has 2 N–H and O–H groups in total. The molecule has 0 bridgehead atoms. The minimum Gasteiger partial charge on any atom is -0.481 e. The number of carboxylic acids is 1. The summed E-state index contributed by atoms with van der Waals surface area (Å²) in [7, 11) is 0. The standard InChI is InChI=1S/C11H14N2O5/c14-8(12-6-1-2-11(17)18)5-7-13-9(15)3-4-10(13)16/h3-4H,1-2,5-7H2,(H,12,14)(H,17,18). The average molecular weight is 254 g/mol. The number of carbonyl (C=O) groups is 4. The van der Waals surface area contributed by atoms with Crippen molar-refractivity contribution in [2.24, 2.45) is 0 Å². The first-order chi connectivity index (χ1) is 8.50. The van der Waals surface area contributed by atoms with Gasteiger partial charge in [0.15, 0.2) is 0 Å². The van der Waals surface area contributed by atoms with E-state index < -0.39 is 17.8 Å². The first kappa shape index (κ1) is 13.9. The Hall–Kier alpha value is -2.18. The van der Waals surface area contributed by atoms with Crippen LogP contribution in [0.1, 0.15) is 19.3 Å². The van der Waals surface area contributed by atoms with Crippen molar-refractivity contribution >= 4 is 23.7 Å². The van der Waals surface area contributed by atoms with Gasteiger partial charge in [-0.3, -0.25) is 24.1 Å². The van der Waals surface area contributed by atoms with Gasteiger partial charge in [0.2, 0.25) is 5.91 Å². The summed E-state index contributed by atoms with van der Waals surface area (Å²) in [6, 6.07) is 0. The van der Waals surface area contributed by atoms with Crippen molar-refractivity contribution in [1.29, 1.82) is 0 Å². The van der Waals surface area contributed by atoms with Gasteiger partial charge in [-0.15, -0.1) is 0 Å². The molecule has 0 aromatic rings. The van der Waals surface area contributed by atoms with Crippen molar-refractivity contribution < 1.29 is 24.3 Å². The molecule has 1 heterocycles. The fraction of sp³-hybridized carbons (Fsp3) is 0.455. The molecule has 0 radical (unpaired) electrons. The van der Waals surface area contributed by atoms with Crippen LogP contribution in [0, 0.1) is 0 Å². The van der Waals surface area contributed by atoms with E-state index in [9.17, 15) is 19.2 Å². The topological polar surface area (TPSA) is 104 Å². The molecule has 98 valence electrons. The van der Waals surface area contributed by atoms with E-state index in [2.05, 4.69) is 5.32 Å². The Kier molecular flexibility index (Phi) is 5.04. The zero-order valence-electron chi connectivity index (χ0n) is 9.72. The quantitative estimate of drug-likeness (QED) is 0.461. The van der Waals surface area contributed by atoms with Gasteiger partial charge in [0, 0.05) is 38.1 Å². The van der Waals surface area contributed by atoms with Crippen LogP contribution >= 0.6 is 0 Å². The lowest BCUT2D eigenvalue weighted by Crippen LogP contribution is -2.35. The smallest absolute Gasteiger partial charge is 0.303 e. The zero-order valence-corrected chi connectivity index (χ0v) is 9.72. The molecule has 1 rings (SSSR count). The van der Waals surface area contributed by atoms with Crippen LogP contribution in [-0.4, -0.2) is 46.8 Å². The molecule has 7 nitrogen and oxygen atoms in total. The first-order valence-electron chi connectivity index (χ1n) is 5.52. The highest BCUT2D eigenvalue weighted by Gasteiger charge is 2.23. The molecule has 0 atom stereocenters. The van der Waals surface area contributed by atoms with E-state index in [0.717, 1.165) is 17.1 Å². The van der Waals surface area contributed by atoms with E-state index >= 15 is 0 Å². The number of nitrogens with zero attached hydrogens (tertiary/aromatic N) is 1. The number of aliphatic carboxylic acids is 1. The summed E-state index contributed by atoms with van der Waals surface area (Å²) in [6.45, 7) is 0.306. The monoisotopic (exact) mass is 254 g/mol. The Morgan fingerprint density at radius 2 is 1.78 bits per heavy atom. The minimum absolute atomic E-state index is 0.00665. The number of hydrogen-bond acceptors (Lipinski definition) is 4. The molecule has 0 spiro atoms. The van der Waals surface area contributed by atoms with Crippen LogP contribution in [0.5, 0.6) is 0 Å². The van der Waals surface area contributed by atoms with Crippen molar-refractivity contribution in [3.8, 4) is 0 Å². The maximum absolute atomic E-state index is 11.3. The third kappa shape index (κ3) is 4.36. The Bertz CT molecular complexity index is 384. The van der Waals surface area contributed by atoms with E-state index in [1.165, 1.54) is 0 Å². The van der Waals surface area contributed by atoms with Gasteiger partial charge in [-0.25, -0.2) is 0 Å². The van der Waals surface area contributed by atoms with Gasteiger partial charge in [-0.1, -0.05) is 0 Å². The molecule has 3 amide bonds. The van der Waals surface area contributed by atoms with E-state index in [1.807, 2.05) is 0 Å². The van der Waals surface area contributed by atoms with Gasteiger partial charge >= 0.3 is 5.97 Å². The zero-order chi connectivity index (χ0) is 13.5. The Morgan fingerprint density at radius 1 is 1.17 bits per heavy atom. The van der Waals surface area contributed by atoms with Crippen molar-refractivity contribution in [2.45, 2.75) is 19.3 Å². The highest BCUT2D eigenvalue weighted by Crippen LogP contribution is 2.03. The lowest BCUT2D eigenvalue weighted by Gasteiger charge is -2.13. The molecule has 18 heavy (non-hydrogen) atoms. The van der Waals surface area contributed by atoms with E-state index in [0.29, 0.717) is 6.42 Å². The average Bonchev–Trinajstić information content (AvgIpc) is 2.62. The summed E-state index contributed by atoms with van der Waals surface area (Å²) < 4.78 is 0. The molecular formula is C11H14N2O5. The lowest BCUT2D eigenvalue weighted by atomic mass is 10.3. The van der Waals surface area contributed by atoms with Crippen LogP contribution in [0.2, 0.25) is 0 Å². The van der Waals surface area contributed by atoms with Crippen molar-refractivity contribution in [3.63, 3.8) is 0 Å². The molecule has 0 unspecified atom stereocenters. The number of nitrogens with one attached hydrogen (secondary N) is 1. The molecular weight excluding hydrogens is 240 g/mol. The van der Waals surface area contributed by atoms with Crippen LogP contribution in [-0.2, 0) is 19.2 Å².